The number of hydrogen-bond donors (Lipinski definition) is 2. The van der Waals surface area contributed by atoms with E-state index in [4.69, 9.17) is 0 Å². The molecule has 132 valence electrons. The van der Waals surface area contributed by atoms with Crippen molar-refractivity contribution in [1.82, 2.24) is 15.5 Å². The fourth-order valence-corrected chi connectivity index (χ4v) is 3.81. The Morgan fingerprint density at radius 2 is 2.17 bits per heavy atom. The minimum Gasteiger partial charge on any atom is -0.355 e. The topological polar surface area (TPSA) is 56.7 Å². The summed E-state index contributed by atoms with van der Waals surface area (Å²) >= 11 is 3.45. The van der Waals surface area contributed by atoms with Crippen LogP contribution in [0.4, 0.5) is 0 Å². The smallest absolute Gasteiger partial charge is 0.220 e. The average molecular weight is 507 g/mol. The molecule has 1 aromatic rings. The first kappa shape index (κ1) is 19.5. The maximum Gasteiger partial charge on any atom is 0.220 e. The number of hydrogen-bond acceptors (Lipinski definition) is 2. The molecule has 1 amide bonds. The van der Waals surface area contributed by atoms with Gasteiger partial charge in [0.2, 0.25) is 5.91 Å². The molecule has 2 saturated heterocycles. The molecule has 1 unspecified atom stereocenters. The Hall–Kier alpha value is -0.830. The lowest BCUT2D eigenvalue weighted by Crippen LogP contribution is -2.51. The predicted octanol–water partition coefficient (Wildman–Crippen LogP) is 2.74. The van der Waals surface area contributed by atoms with Crippen LogP contribution in [0.25, 0.3) is 0 Å². The third-order valence-corrected chi connectivity index (χ3v) is 5.26. The number of piperidine rings is 1. The lowest BCUT2D eigenvalue weighted by atomic mass is 9.79. The van der Waals surface area contributed by atoms with Gasteiger partial charge in [0.25, 0.3) is 0 Å². The van der Waals surface area contributed by atoms with Crippen LogP contribution in [-0.2, 0) is 11.3 Å². The lowest BCUT2D eigenvalue weighted by molar-refractivity contribution is -0.119. The predicted molar refractivity (Wildman–Crippen MR) is 111 cm³/mol. The molecule has 2 fully saturated rings. The number of benzene rings is 1. The largest absolute Gasteiger partial charge is 0.355 e. The van der Waals surface area contributed by atoms with Crippen LogP contribution >= 0.6 is 39.9 Å². The maximum atomic E-state index is 11.6. The number of guanidine groups is 1. The van der Waals surface area contributed by atoms with Crippen LogP contribution in [0.5, 0.6) is 0 Å². The zero-order chi connectivity index (χ0) is 16.3. The van der Waals surface area contributed by atoms with Crippen molar-refractivity contribution in [1.29, 1.82) is 0 Å². The van der Waals surface area contributed by atoms with Crippen LogP contribution in [0.2, 0.25) is 0 Å². The van der Waals surface area contributed by atoms with Gasteiger partial charge >= 0.3 is 0 Å². The molecule has 3 rings (SSSR count). The van der Waals surface area contributed by atoms with Gasteiger partial charge in [-0.3, -0.25) is 9.79 Å². The first-order valence-corrected chi connectivity index (χ1v) is 8.86. The Morgan fingerprint density at radius 1 is 1.42 bits per heavy atom. The fraction of sp³-hybridized carbons (Fsp3) is 0.529. The van der Waals surface area contributed by atoms with Gasteiger partial charge in [0.15, 0.2) is 5.96 Å². The molecule has 0 aliphatic carbocycles. The first-order valence-electron chi connectivity index (χ1n) is 8.07. The SMILES string of the molecule is CN=C(NCc1ccc(Br)cc1)N1CCCC2(CNC(=O)C2)C1.I. The number of nitrogens with zero attached hydrogens (tertiary/aromatic N) is 2. The normalized spacial score (nSPS) is 23.8. The van der Waals surface area contributed by atoms with Crippen LogP contribution in [0.1, 0.15) is 24.8 Å². The van der Waals surface area contributed by atoms with Crippen molar-refractivity contribution in [3.05, 3.63) is 34.3 Å². The van der Waals surface area contributed by atoms with E-state index >= 15 is 0 Å². The molecule has 0 aromatic heterocycles. The van der Waals surface area contributed by atoms with Gasteiger partial charge in [-0.2, -0.15) is 0 Å². The number of rotatable bonds is 2. The van der Waals surface area contributed by atoms with Crippen molar-refractivity contribution in [2.75, 3.05) is 26.7 Å². The second kappa shape index (κ2) is 8.51. The van der Waals surface area contributed by atoms with Crippen LogP contribution in [0.3, 0.4) is 0 Å². The monoisotopic (exact) mass is 506 g/mol. The summed E-state index contributed by atoms with van der Waals surface area (Å²) in [5.41, 5.74) is 1.31. The van der Waals surface area contributed by atoms with E-state index in [0.29, 0.717) is 6.42 Å². The Balaban J connectivity index is 0.00000208. The Kier molecular flexibility index (Phi) is 6.91. The van der Waals surface area contributed by atoms with Crippen LogP contribution in [0.15, 0.2) is 33.7 Å². The van der Waals surface area contributed by atoms with E-state index in [9.17, 15) is 4.79 Å². The summed E-state index contributed by atoms with van der Waals surface area (Å²) in [5.74, 6) is 1.11. The van der Waals surface area contributed by atoms with E-state index in [1.54, 1.807) is 0 Å². The molecule has 24 heavy (non-hydrogen) atoms. The number of carbonyl (C=O) groups excluding carboxylic acids is 1. The standard InChI is InChI=1S/C17H23BrN4O.HI/c1-19-16(20-10-13-3-5-14(18)6-4-13)22-8-2-7-17(12-22)9-15(23)21-11-17;/h3-6H,2,7-12H2,1H3,(H,19,20)(H,21,23);1H. The third-order valence-electron chi connectivity index (χ3n) is 4.73. The van der Waals surface area contributed by atoms with Gasteiger partial charge in [-0.25, -0.2) is 0 Å². The van der Waals surface area contributed by atoms with Gasteiger partial charge in [0, 0.05) is 49.5 Å². The van der Waals surface area contributed by atoms with Crippen molar-refractivity contribution in [3.63, 3.8) is 0 Å². The Morgan fingerprint density at radius 3 is 2.79 bits per heavy atom. The quantitative estimate of drug-likeness (QED) is 0.368. The fourth-order valence-electron chi connectivity index (χ4n) is 3.54. The van der Waals surface area contributed by atoms with Crippen molar-refractivity contribution >= 4 is 51.8 Å². The highest BCUT2D eigenvalue weighted by Crippen LogP contribution is 2.35. The van der Waals surface area contributed by atoms with E-state index in [1.165, 1.54) is 5.56 Å². The molecule has 2 N–H and O–H groups in total. The highest BCUT2D eigenvalue weighted by atomic mass is 127. The van der Waals surface area contributed by atoms with Crippen molar-refractivity contribution in [3.8, 4) is 0 Å². The number of halogens is 2. The van der Waals surface area contributed by atoms with E-state index in [2.05, 4.69) is 48.6 Å². The summed E-state index contributed by atoms with van der Waals surface area (Å²) in [4.78, 5) is 18.4. The van der Waals surface area contributed by atoms with Gasteiger partial charge in [0.1, 0.15) is 0 Å². The van der Waals surface area contributed by atoms with Crippen LogP contribution in [-0.4, -0.2) is 43.4 Å². The Bertz CT molecular complexity index is 607. The van der Waals surface area contributed by atoms with Gasteiger partial charge in [-0.15, -0.1) is 24.0 Å². The molecule has 5 nitrogen and oxygen atoms in total. The molecule has 0 radical (unpaired) electrons. The highest BCUT2D eigenvalue weighted by molar-refractivity contribution is 14.0. The second-order valence-electron chi connectivity index (χ2n) is 6.51. The molecule has 2 aliphatic heterocycles. The molecule has 2 aliphatic rings. The minimum absolute atomic E-state index is 0. The van der Waals surface area contributed by atoms with E-state index < -0.39 is 0 Å². The molecule has 1 atom stereocenters. The van der Waals surface area contributed by atoms with E-state index in [-0.39, 0.29) is 35.3 Å². The molecule has 1 aromatic carbocycles. The van der Waals surface area contributed by atoms with Gasteiger partial charge in [0.05, 0.1) is 0 Å². The van der Waals surface area contributed by atoms with Crippen LogP contribution in [0, 0.1) is 5.41 Å². The summed E-state index contributed by atoms with van der Waals surface area (Å²) < 4.78 is 1.09. The number of amides is 1. The lowest BCUT2D eigenvalue weighted by Gasteiger charge is -2.40. The minimum atomic E-state index is 0. The van der Waals surface area contributed by atoms with Crippen LogP contribution < -0.4 is 10.6 Å². The summed E-state index contributed by atoms with van der Waals surface area (Å²) in [6.45, 7) is 3.44. The maximum absolute atomic E-state index is 11.6. The molecule has 1 spiro atoms. The summed E-state index contributed by atoms with van der Waals surface area (Å²) in [6, 6.07) is 8.29. The molecular weight excluding hydrogens is 483 g/mol. The molecule has 7 heteroatoms. The zero-order valence-electron chi connectivity index (χ0n) is 13.8. The number of carbonyl (C=O) groups is 1. The summed E-state index contributed by atoms with van der Waals surface area (Å²) in [6.07, 6.45) is 2.87. The van der Waals surface area contributed by atoms with Crippen molar-refractivity contribution in [2.24, 2.45) is 10.4 Å². The first-order chi connectivity index (χ1) is 11.1. The Labute approximate surface area is 168 Å². The van der Waals surface area contributed by atoms with E-state index in [0.717, 1.165) is 49.5 Å². The second-order valence-corrected chi connectivity index (χ2v) is 7.42. The number of aliphatic imine (C=N–C) groups is 1. The summed E-state index contributed by atoms with van der Waals surface area (Å²) in [7, 11) is 1.82. The number of nitrogens with one attached hydrogen (secondary N) is 2. The zero-order valence-corrected chi connectivity index (χ0v) is 17.8. The van der Waals surface area contributed by atoms with Gasteiger partial charge in [-0.1, -0.05) is 28.1 Å². The third kappa shape index (κ3) is 4.62. The molecule has 0 bridgehead atoms. The number of likely N-dealkylation sites (tertiary alicyclic amines) is 1. The van der Waals surface area contributed by atoms with Gasteiger partial charge < -0.3 is 15.5 Å². The van der Waals surface area contributed by atoms with Crippen molar-refractivity contribution < 1.29 is 4.79 Å². The summed E-state index contributed by atoms with van der Waals surface area (Å²) in [5, 5.41) is 6.44. The van der Waals surface area contributed by atoms with Crippen molar-refractivity contribution in [2.45, 2.75) is 25.8 Å². The van der Waals surface area contributed by atoms with Gasteiger partial charge in [-0.05, 0) is 30.5 Å². The molecular formula is C17H24BrIN4O. The molecule has 0 saturated carbocycles. The molecule has 2 heterocycles. The van der Waals surface area contributed by atoms with E-state index in [1.807, 2.05) is 19.2 Å². The average Bonchev–Trinajstić information content (AvgIpc) is 2.90. The highest BCUT2D eigenvalue weighted by Gasteiger charge is 2.42.